The fraction of sp³-hybridized carbons (Fsp3) is 0.333. The molecule has 2 nitrogen and oxygen atoms in total. The van der Waals surface area contributed by atoms with Gasteiger partial charge >= 0.3 is 0 Å². The average Bonchev–Trinajstić information content (AvgIpc) is 2.58. The highest BCUT2D eigenvalue weighted by atomic mass is 32.1. The Bertz CT molecular complexity index is 462. The Labute approximate surface area is 95.5 Å². The summed E-state index contributed by atoms with van der Waals surface area (Å²) in [5.41, 5.74) is 8.58. The molecule has 2 N–H and O–H groups in total. The first kappa shape index (κ1) is 10.6. The summed E-state index contributed by atoms with van der Waals surface area (Å²) < 4.78 is 2.13. The Morgan fingerprint density at radius 3 is 2.87 bits per heavy atom. The molecule has 1 heterocycles. The Balaban J connectivity index is 2.52. The molecule has 15 heavy (non-hydrogen) atoms. The number of nitrogens with zero attached hydrogens (tertiary/aromatic N) is 1. The van der Waals surface area contributed by atoms with Crippen molar-refractivity contribution in [2.24, 2.45) is 12.8 Å². The molecule has 0 radical (unpaired) electrons. The highest BCUT2D eigenvalue weighted by Crippen LogP contribution is 2.26. The third-order valence-corrected chi connectivity index (χ3v) is 3.03. The summed E-state index contributed by atoms with van der Waals surface area (Å²) in [7, 11) is 2.05. The van der Waals surface area contributed by atoms with Gasteiger partial charge in [-0.15, -0.1) is 0 Å². The van der Waals surface area contributed by atoms with Crippen LogP contribution in [-0.2, 0) is 7.05 Å². The molecule has 0 spiro atoms. The zero-order chi connectivity index (χ0) is 10.8. The van der Waals surface area contributed by atoms with E-state index in [0.717, 1.165) is 12.2 Å². The predicted molar refractivity (Wildman–Crippen MR) is 68.3 cm³/mol. The topological polar surface area (TPSA) is 30.9 Å². The van der Waals surface area contributed by atoms with E-state index >= 15 is 0 Å². The van der Waals surface area contributed by atoms with Gasteiger partial charge in [-0.05, 0) is 23.8 Å². The first-order valence-electron chi connectivity index (χ1n) is 5.14. The van der Waals surface area contributed by atoms with Gasteiger partial charge in [0.1, 0.15) is 0 Å². The maximum atomic E-state index is 6.12. The molecule has 0 amide bonds. The van der Waals surface area contributed by atoms with E-state index in [2.05, 4.69) is 54.7 Å². The van der Waals surface area contributed by atoms with Crippen molar-refractivity contribution in [1.82, 2.24) is 4.57 Å². The molecule has 1 unspecified atom stereocenters. The van der Waals surface area contributed by atoms with Crippen LogP contribution in [0.3, 0.4) is 0 Å². The Kier molecular flexibility index (Phi) is 3.03. The average molecular weight is 220 g/mol. The third kappa shape index (κ3) is 1.90. The highest BCUT2D eigenvalue weighted by Gasteiger charge is 2.11. The summed E-state index contributed by atoms with van der Waals surface area (Å²) in [6, 6.07) is 8.44. The molecule has 3 heteroatoms. The van der Waals surface area contributed by atoms with Crippen molar-refractivity contribution < 1.29 is 0 Å². The second kappa shape index (κ2) is 4.29. The number of thiol groups is 1. The minimum absolute atomic E-state index is 0.0913. The lowest BCUT2D eigenvalue weighted by Gasteiger charge is -2.08. The van der Waals surface area contributed by atoms with Gasteiger partial charge in [0.05, 0.1) is 0 Å². The Morgan fingerprint density at radius 2 is 2.13 bits per heavy atom. The summed E-state index contributed by atoms with van der Waals surface area (Å²) >= 11 is 4.22. The lowest BCUT2D eigenvalue weighted by molar-refractivity contribution is 0.708. The standard InChI is InChI=1S/C12H16N2S/c1-14-8-10(11(13)6-7-15)9-4-2-3-5-12(9)14/h2-5,8,11,15H,6-7,13H2,1H3. The molecule has 2 rings (SSSR count). The van der Waals surface area contributed by atoms with E-state index in [4.69, 9.17) is 5.73 Å². The minimum Gasteiger partial charge on any atom is -0.350 e. The van der Waals surface area contributed by atoms with Crippen LogP contribution < -0.4 is 5.73 Å². The van der Waals surface area contributed by atoms with Crippen LogP contribution >= 0.6 is 12.6 Å². The van der Waals surface area contributed by atoms with Gasteiger partial charge < -0.3 is 10.3 Å². The molecule has 0 aliphatic carbocycles. The van der Waals surface area contributed by atoms with Crippen LogP contribution in [0.1, 0.15) is 18.0 Å². The van der Waals surface area contributed by atoms with Gasteiger partial charge in [-0.2, -0.15) is 12.6 Å². The van der Waals surface area contributed by atoms with E-state index in [9.17, 15) is 0 Å². The zero-order valence-corrected chi connectivity index (χ0v) is 9.74. The SMILES string of the molecule is Cn1cc(C(N)CCS)c2ccccc21. The molecule has 0 aliphatic rings. The van der Waals surface area contributed by atoms with Crippen molar-refractivity contribution in [3.63, 3.8) is 0 Å². The fourth-order valence-corrected chi connectivity index (χ4v) is 2.24. The van der Waals surface area contributed by atoms with Crippen LogP contribution in [0.25, 0.3) is 10.9 Å². The Hall–Kier alpha value is -0.930. The maximum absolute atomic E-state index is 6.12. The zero-order valence-electron chi connectivity index (χ0n) is 8.85. The van der Waals surface area contributed by atoms with Crippen LogP contribution in [0.4, 0.5) is 0 Å². The van der Waals surface area contributed by atoms with E-state index < -0.39 is 0 Å². The molecule has 0 aliphatic heterocycles. The second-order valence-corrected chi connectivity index (χ2v) is 4.28. The number of rotatable bonds is 3. The monoisotopic (exact) mass is 220 g/mol. The van der Waals surface area contributed by atoms with Gasteiger partial charge in [0.15, 0.2) is 0 Å². The quantitative estimate of drug-likeness (QED) is 0.765. The molecule has 0 bridgehead atoms. The summed E-state index contributed by atoms with van der Waals surface area (Å²) in [5, 5.41) is 1.26. The van der Waals surface area contributed by atoms with Crippen LogP contribution in [0, 0.1) is 0 Å². The summed E-state index contributed by atoms with van der Waals surface area (Å²) in [5.74, 6) is 0.824. The van der Waals surface area contributed by atoms with Crippen LogP contribution in [0.5, 0.6) is 0 Å². The smallest absolute Gasteiger partial charge is 0.0481 e. The van der Waals surface area contributed by atoms with Gasteiger partial charge in [0, 0.05) is 30.2 Å². The molecule has 0 fully saturated rings. The lowest BCUT2D eigenvalue weighted by Crippen LogP contribution is -2.10. The van der Waals surface area contributed by atoms with E-state index in [1.54, 1.807) is 0 Å². The fourth-order valence-electron chi connectivity index (χ4n) is 1.96. The van der Waals surface area contributed by atoms with Gasteiger partial charge in [-0.1, -0.05) is 18.2 Å². The molecule has 0 saturated heterocycles. The van der Waals surface area contributed by atoms with Crippen LogP contribution in [-0.4, -0.2) is 10.3 Å². The second-order valence-electron chi connectivity index (χ2n) is 3.83. The van der Waals surface area contributed by atoms with Crippen molar-refractivity contribution in [3.05, 3.63) is 36.0 Å². The number of aryl methyl sites for hydroxylation is 1. The minimum atomic E-state index is 0.0913. The molecule has 1 aromatic heterocycles. The van der Waals surface area contributed by atoms with Crippen molar-refractivity contribution >= 4 is 23.5 Å². The summed E-state index contributed by atoms with van der Waals surface area (Å²) in [6.45, 7) is 0. The number of benzene rings is 1. The lowest BCUT2D eigenvalue weighted by atomic mass is 10.0. The predicted octanol–water partition coefficient (Wildman–Crippen LogP) is 2.50. The van der Waals surface area contributed by atoms with Crippen LogP contribution in [0.15, 0.2) is 30.5 Å². The molecule has 1 aromatic carbocycles. The first-order chi connectivity index (χ1) is 7.24. The summed E-state index contributed by atoms with van der Waals surface area (Å²) in [6.07, 6.45) is 3.04. The van der Waals surface area contributed by atoms with Crippen molar-refractivity contribution in [1.29, 1.82) is 0 Å². The molecular formula is C12H16N2S. The number of aromatic nitrogens is 1. The first-order valence-corrected chi connectivity index (χ1v) is 5.77. The molecule has 1 atom stereocenters. The van der Waals surface area contributed by atoms with Crippen molar-refractivity contribution in [2.75, 3.05) is 5.75 Å². The molecule has 0 saturated carbocycles. The molecule has 2 aromatic rings. The number of fused-ring (bicyclic) bond motifs is 1. The molecular weight excluding hydrogens is 204 g/mol. The van der Waals surface area contributed by atoms with Gasteiger partial charge in [0.2, 0.25) is 0 Å². The molecule has 80 valence electrons. The van der Waals surface area contributed by atoms with E-state index in [1.807, 2.05) is 0 Å². The number of nitrogens with two attached hydrogens (primary N) is 1. The van der Waals surface area contributed by atoms with Crippen LogP contribution in [0.2, 0.25) is 0 Å². The maximum Gasteiger partial charge on any atom is 0.0481 e. The van der Waals surface area contributed by atoms with Gasteiger partial charge in [0.25, 0.3) is 0 Å². The third-order valence-electron chi connectivity index (χ3n) is 2.77. The highest BCUT2D eigenvalue weighted by molar-refractivity contribution is 7.80. The van der Waals surface area contributed by atoms with Crippen molar-refractivity contribution in [3.8, 4) is 0 Å². The van der Waals surface area contributed by atoms with Gasteiger partial charge in [-0.3, -0.25) is 0 Å². The number of hydrogen-bond acceptors (Lipinski definition) is 2. The largest absolute Gasteiger partial charge is 0.350 e. The Morgan fingerprint density at radius 1 is 1.40 bits per heavy atom. The van der Waals surface area contributed by atoms with E-state index in [1.165, 1.54) is 16.5 Å². The van der Waals surface area contributed by atoms with Gasteiger partial charge in [-0.25, -0.2) is 0 Å². The number of para-hydroxylation sites is 1. The summed E-state index contributed by atoms with van der Waals surface area (Å²) in [4.78, 5) is 0. The normalized spacial score (nSPS) is 13.3. The van der Waals surface area contributed by atoms with E-state index in [0.29, 0.717) is 0 Å². The van der Waals surface area contributed by atoms with E-state index in [-0.39, 0.29) is 6.04 Å². The number of hydrogen-bond donors (Lipinski definition) is 2. The van der Waals surface area contributed by atoms with Crippen molar-refractivity contribution in [2.45, 2.75) is 12.5 Å².